The fourth-order valence-corrected chi connectivity index (χ4v) is 5.81. The van der Waals surface area contributed by atoms with Gasteiger partial charge in [0.15, 0.2) is 16.3 Å². The van der Waals surface area contributed by atoms with Gasteiger partial charge in [0.2, 0.25) is 0 Å². The van der Waals surface area contributed by atoms with Gasteiger partial charge < -0.3 is 18.9 Å². The first-order valence-electron chi connectivity index (χ1n) is 12.3. The lowest BCUT2D eigenvalue weighted by atomic mass is 9.96. The maximum atomic E-state index is 13.9. The van der Waals surface area contributed by atoms with Crippen LogP contribution in [0.5, 0.6) is 17.2 Å². The Morgan fingerprint density at radius 1 is 1.23 bits per heavy atom. The molecular weight excluding hydrogens is 600 g/mol. The van der Waals surface area contributed by atoms with Crippen molar-refractivity contribution in [1.82, 2.24) is 4.57 Å². The monoisotopic (exact) mass is 626 g/mol. The Bertz CT molecular complexity index is 1690. The number of hydrogen-bond acceptors (Lipinski definition) is 9. The van der Waals surface area contributed by atoms with Gasteiger partial charge in [0.25, 0.3) is 5.56 Å². The molecule has 9 nitrogen and oxygen atoms in total. The predicted octanol–water partition coefficient (Wildman–Crippen LogP) is 4.06. The number of thiazole rings is 1. The summed E-state index contributed by atoms with van der Waals surface area (Å²) in [5.74, 6) is 0.161. The van der Waals surface area contributed by atoms with Crippen LogP contribution in [0, 0.1) is 0 Å². The van der Waals surface area contributed by atoms with Crippen LogP contribution in [-0.4, -0.2) is 36.8 Å². The first kappa shape index (κ1) is 29.0. The number of rotatable bonds is 9. The summed E-state index contributed by atoms with van der Waals surface area (Å²) in [6.07, 6.45) is 3.34. The van der Waals surface area contributed by atoms with Crippen LogP contribution in [0.3, 0.4) is 0 Å². The first-order valence-corrected chi connectivity index (χ1v) is 13.9. The molecule has 0 fully saturated rings. The van der Waals surface area contributed by atoms with Crippen LogP contribution in [-0.2, 0) is 14.3 Å². The Morgan fingerprint density at radius 2 is 1.95 bits per heavy atom. The Labute approximate surface area is 242 Å². The van der Waals surface area contributed by atoms with Crippen LogP contribution >= 0.6 is 27.3 Å². The molecule has 1 aromatic heterocycles. The summed E-state index contributed by atoms with van der Waals surface area (Å²) in [6, 6.07) is 9.81. The Morgan fingerprint density at radius 3 is 2.58 bits per heavy atom. The largest absolute Gasteiger partial charge is 0.493 e. The minimum Gasteiger partial charge on any atom is -0.493 e. The number of allylic oxidation sites excluding steroid dienone is 1. The van der Waals surface area contributed by atoms with Gasteiger partial charge in [-0.2, -0.15) is 0 Å². The summed E-state index contributed by atoms with van der Waals surface area (Å²) in [5, 5.41) is 0. The molecule has 40 heavy (non-hydrogen) atoms. The molecule has 0 unspecified atom stereocenters. The summed E-state index contributed by atoms with van der Waals surface area (Å²) >= 11 is 4.61. The van der Waals surface area contributed by atoms with Crippen molar-refractivity contribution in [3.8, 4) is 17.2 Å². The van der Waals surface area contributed by atoms with Crippen molar-refractivity contribution in [3.05, 3.63) is 95.6 Å². The van der Waals surface area contributed by atoms with E-state index in [1.165, 1.54) is 29.9 Å². The highest BCUT2D eigenvalue weighted by molar-refractivity contribution is 9.10. The van der Waals surface area contributed by atoms with Crippen molar-refractivity contribution in [3.63, 3.8) is 0 Å². The molecule has 4 rings (SSSR count). The van der Waals surface area contributed by atoms with E-state index in [9.17, 15) is 14.4 Å². The summed E-state index contributed by atoms with van der Waals surface area (Å²) in [7, 11) is 1.46. The van der Waals surface area contributed by atoms with Crippen molar-refractivity contribution < 1.29 is 28.5 Å². The normalized spacial score (nSPS) is 14.7. The van der Waals surface area contributed by atoms with Crippen molar-refractivity contribution in [2.75, 3.05) is 20.3 Å². The van der Waals surface area contributed by atoms with Crippen LogP contribution in [0.4, 0.5) is 0 Å². The zero-order chi connectivity index (χ0) is 29.0. The zero-order valence-corrected chi connectivity index (χ0v) is 24.8. The number of nitrogens with zero attached hydrogens (tertiary/aromatic N) is 2. The minimum atomic E-state index is -0.751. The summed E-state index contributed by atoms with van der Waals surface area (Å²) in [4.78, 5) is 43.5. The highest BCUT2D eigenvalue weighted by Crippen LogP contribution is 2.37. The molecule has 1 aliphatic heterocycles. The SMILES string of the molecule is C=CCOc1ccc([C@H]2C(C(=O)OCC)=C(C)N=c3s/c(=C\c4cc(Br)c(OC(C)=O)c(OC)c4)c(=O)n32)cc1. The Kier molecular flexibility index (Phi) is 9.06. The minimum absolute atomic E-state index is 0.182. The van der Waals surface area contributed by atoms with E-state index >= 15 is 0 Å². The van der Waals surface area contributed by atoms with E-state index in [4.69, 9.17) is 18.9 Å². The highest BCUT2D eigenvalue weighted by atomic mass is 79.9. The first-order chi connectivity index (χ1) is 19.2. The number of carbonyl (C=O) groups excluding carboxylic acids is 2. The molecule has 0 N–H and O–H groups in total. The van der Waals surface area contributed by atoms with Gasteiger partial charge in [0, 0.05) is 6.92 Å². The molecule has 1 atom stereocenters. The van der Waals surface area contributed by atoms with Crippen molar-refractivity contribution in [1.29, 1.82) is 0 Å². The van der Waals surface area contributed by atoms with Crippen molar-refractivity contribution in [2.45, 2.75) is 26.8 Å². The lowest BCUT2D eigenvalue weighted by Crippen LogP contribution is -2.39. The van der Waals surface area contributed by atoms with E-state index in [-0.39, 0.29) is 23.5 Å². The third kappa shape index (κ3) is 5.95. The average molecular weight is 628 g/mol. The van der Waals surface area contributed by atoms with E-state index in [1.54, 1.807) is 50.3 Å². The fourth-order valence-electron chi connectivity index (χ4n) is 4.23. The highest BCUT2D eigenvalue weighted by Gasteiger charge is 2.33. The molecule has 1 aliphatic rings. The van der Waals surface area contributed by atoms with Crippen molar-refractivity contribution >= 4 is 45.3 Å². The second-order valence-corrected chi connectivity index (χ2v) is 10.5. The lowest BCUT2D eigenvalue weighted by molar-refractivity contribution is -0.139. The van der Waals surface area contributed by atoms with Crippen LogP contribution in [0.25, 0.3) is 6.08 Å². The van der Waals surface area contributed by atoms with Crippen LogP contribution in [0.2, 0.25) is 0 Å². The van der Waals surface area contributed by atoms with E-state index < -0.39 is 18.0 Å². The van der Waals surface area contributed by atoms with Crippen molar-refractivity contribution in [2.24, 2.45) is 4.99 Å². The number of methoxy groups -OCH3 is 1. The summed E-state index contributed by atoms with van der Waals surface area (Å²) < 4.78 is 24.0. The molecule has 0 spiro atoms. The zero-order valence-electron chi connectivity index (χ0n) is 22.4. The number of fused-ring (bicyclic) bond motifs is 1. The van der Waals surface area contributed by atoms with Gasteiger partial charge in [0.05, 0.1) is 40.0 Å². The molecule has 3 aromatic rings. The fraction of sp³-hybridized carbons (Fsp3) is 0.241. The number of hydrogen-bond donors (Lipinski definition) is 0. The maximum absolute atomic E-state index is 13.9. The molecule has 0 saturated carbocycles. The Hall–Kier alpha value is -3.96. The van der Waals surface area contributed by atoms with Gasteiger partial charge in [-0.1, -0.05) is 36.1 Å². The van der Waals surface area contributed by atoms with Gasteiger partial charge in [0.1, 0.15) is 12.4 Å². The van der Waals surface area contributed by atoms with Crippen LogP contribution in [0.1, 0.15) is 37.9 Å². The summed E-state index contributed by atoms with van der Waals surface area (Å²) in [5.41, 5.74) is 1.76. The van der Waals surface area contributed by atoms with Gasteiger partial charge in [-0.05, 0) is 71.2 Å². The molecule has 11 heteroatoms. The molecule has 0 amide bonds. The Balaban J connectivity index is 1.88. The molecule has 0 saturated heterocycles. The number of benzene rings is 2. The maximum Gasteiger partial charge on any atom is 0.338 e. The smallest absolute Gasteiger partial charge is 0.338 e. The second-order valence-electron chi connectivity index (χ2n) is 8.60. The lowest BCUT2D eigenvalue weighted by Gasteiger charge is -2.24. The van der Waals surface area contributed by atoms with Crippen LogP contribution in [0.15, 0.2) is 74.6 Å². The number of aromatic nitrogens is 1. The molecule has 2 heterocycles. The van der Waals surface area contributed by atoms with Crippen LogP contribution < -0.4 is 29.1 Å². The number of ether oxygens (including phenoxy) is 4. The van der Waals surface area contributed by atoms with E-state index in [1.807, 2.05) is 12.1 Å². The molecule has 0 aliphatic carbocycles. The van der Waals surface area contributed by atoms with E-state index in [2.05, 4.69) is 27.5 Å². The molecular formula is C29H27BrN2O7S. The van der Waals surface area contributed by atoms with Gasteiger partial charge >= 0.3 is 11.9 Å². The topological polar surface area (TPSA) is 105 Å². The average Bonchev–Trinajstić information content (AvgIpc) is 3.22. The standard InChI is InChI=1S/C29H27BrN2O7S/c1-6-12-38-20-10-8-19(9-11-20)25-24(28(35)37-7-2)16(3)31-29-32(25)27(34)23(40-29)15-18-13-21(30)26(39-17(4)33)22(14-18)36-5/h6,8-11,13-15,25H,1,7,12H2,2-5H3/b23-15-/t25-/m0/s1. The molecule has 2 aromatic carbocycles. The van der Waals surface area contributed by atoms with E-state index in [0.717, 1.165) is 0 Å². The third-order valence-corrected chi connectivity index (χ3v) is 7.45. The number of halogens is 1. The van der Waals surface area contributed by atoms with Gasteiger partial charge in [-0.3, -0.25) is 14.2 Å². The summed E-state index contributed by atoms with van der Waals surface area (Å²) in [6.45, 7) is 8.94. The van der Waals surface area contributed by atoms with Gasteiger partial charge in [-0.25, -0.2) is 9.79 Å². The number of esters is 2. The predicted molar refractivity (Wildman–Crippen MR) is 155 cm³/mol. The third-order valence-electron chi connectivity index (χ3n) is 5.88. The quantitative estimate of drug-likeness (QED) is 0.200. The molecule has 208 valence electrons. The molecule has 0 bridgehead atoms. The second kappa shape index (κ2) is 12.5. The molecule has 0 radical (unpaired) electrons. The van der Waals surface area contributed by atoms with E-state index in [0.29, 0.717) is 48.7 Å². The van der Waals surface area contributed by atoms with Gasteiger partial charge in [-0.15, -0.1) is 0 Å². The number of carbonyl (C=O) groups is 2.